The SMILES string of the molecule is COc1ccc(Cn2c(=O)cc(OS(=O)(=O)C(F)(F)F)c3nc(C#N)ccc32)cc1. The van der Waals surface area contributed by atoms with Crippen LogP contribution in [0.4, 0.5) is 13.2 Å². The van der Waals surface area contributed by atoms with Gasteiger partial charge in [0.1, 0.15) is 23.0 Å². The fourth-order valence-corrected chi connectivity index (χ4v) is 3.05. The number of nitriles is 1. The Morgan fingerprint density at radius 1 is 1.17 bits per heavy atom. The number of halogens is 3. The molecule has 0 aliphatic heterocycles. The molecule has 0 unspecified atom stereocenters. The van der Waals surface area contributed by atoms with Gasteiger partial charge in [-0.2, -0.15) is 26.9 Å². The molecule has 0 radical (unpaired) electrons. The molecule has 0 saturated carbocycles. The quantitative estimate of drug-likeness (QED) is 0.444. The number of alkyl halides is 3. The van der Waals surface area contributed by atoms with Crippen molar-refractivity contribution in [3.63, 3.8) is 0 Å². The first-order valence-electron chi connectivity index (χ1n) is 8.14. The highest BCUT2D eigenvalue weighted by molar-refractivity contribution is 7.88. The highest BCUT2D eigenvalue weighted by atomic mass is 32.2. The second kappa shape index (κ2) is 7.68. The van der Waals surface area contributed by atoms with Crippen LogP contribution in [0.3, 0.4) is 0 Å². The first-order valence-corrected chi connectivity index (χ1v) is 9.55. The maximum absolute atomic E-state index is 12.7. The highest BCUT2D eigenvalue weighted by Crippen LogP contribution is 2.30. The maximum Gasteiger partial charge on any atom is 0.534 e. The Bertz CT molecular complexity index is 1310. The summed E-state index contributed by atoms with van der Waals surface area (Å²) in [5.74, 6) is -0.340. The van der Waals surface area contributed by atoms with E-state index >= 15 is 0 Å². The lowest BCUT2D eigenvalue weighted by Gasteiger charge is -2.14. The first kappa shape index (κ1) is 21.1. The summed E-state index contributed by atoms with van der Waals surface area (Å²) in [5, 5.41) is 9.03. The van der Waals surface area contributed by atoms with E-state index in [9.17, 15) is 26.4 Å². The molecule has 2 heterocycles. The van der Waals surface area contributed by atoms with Crippen LogP contribution in [0.15, 0.2) is 47.3 Å². The van der Waals surface area contributed by atoms with Crippen LogP contribution >= 0.6 is 0 Å². The maximum atomic E-state index is 12.7. The van der Waals surface area contributed by atoms with Crippen molar-refractivity contribution in [2.24, 2.45) is 0 Å². The van der Waals surface area contributed by atoms with Gasteiger partial charge < -0.3 is 13.5 Å². The number of fused-ring (bicyclic) bond motifs is 1. The third kappa shape index (κ3) is 4.06. The summed E-state index contributed by atoms with van der Waals surface area (Å²) in [6.07, 6.45) is 0. The summed E-state index contributed by atoms with van der Waals surface area (Å²) in [5.41, 5.74) is -6.46. The van der Waals surface area contributed by atoms with E-state index in [1.807, 2.05) is 0 Å². The van der Waals surface area contributed by atoms with Gasteiger partial charge in [-0.15, -0.1) is 0 Å². The van der Waals surface area contributed by atoms with E-state index in [0.717, 1.165) is 0 Å². The van der Waals surface area contributed by atoms with Gasteiger partial charge in [0.05, 0.1) is 19.2 Å². The minimum atomic E-state index is -6.04. The van der Waals surface area contributed by atoms with E-state index in [-0.39, 0.29) is 23.3 Å². The summed E-state index contributed by atoms with van der Waals surface area (Å²) < 4.78 is 71.3. The number of aromatic nitrogens is 2. The molecule has 0 amide bonds. The Balaban J connectivity index is 2.17. The first-order chi connectivity index (χ1) is 14.1. The lowest BCUT2D eigenvalue weighted by Crippen LogP contribution is -2.29. The van der Waals surface area contributed by atoms with Crippen LogP contribution in [0.25, 0.3) is 11.0 Å². The zero-order valence-corrected chi connectivity index (χ0v) is 16.0. The third-order valence-electron chi connectivity index (χ3n) is 4.02. The number of benzene rings is 1. The van der Waals surface area contributed by atoms with Crippen molar-refractivity contribution in [3.8, 4) is 17.6 Å². The van der Waals surface area contributed by atoms with E-state index in [4.69, 9.17) is 10.00 Å². The predicted molar refractivity (Wildman–Crippen MR) is 98.4 cm³/mol. The van der Waals surface area contributed by atoms with E-state index in [1.165, 1.54) is 23.8 Å². The average molecular weight is 439 g/mol. The predicted octanol–water partition coefficient (Wildman–Crippen LogP) is 2.55. The van der Waals surface area contributed by atoms with Gasteiger partial charge in [-0.3, -0.25) is 4.79 Å². The molecule has 0 fully saturated rings. The number of pyridine rings is 2. The summed E-state index contributed by atoms with van der Waals surface area (Å²) in [7, 11) is -4.56. The van der Waals surface area contributed by atoms with Gasteiger partial charge in [0.25, 0.3) is 5.56 Å². The van der Waals surface area contributed by atoms with E-state index in [1.54, 1.807) is 30.3 Å². The molecule has 8 nitrogen and oxygen atoms in total. The van der Waals surface area contributed by atoms with Crippen molar-refractivity contribution in [1.82, 2.24) is 9.55 Å². The fourth-order valence-electron chi connectivity index (χ4n) is 2.60. The zero-order valence-electron chi connectivity index (χ0n) is 15.2. The van der Waals surface area contributed by atoms with Gasteiger partial charge in [0.15, 0.2) is 5.75 Å². The van der Waals surface area contributed by atoms with E-state index in [2.05, 4.69) is 9.17 Å². The molecular weight excluding hydrogens is 427 g/mol. The van der Waals surface area contributed by atoms with Crippen LogP contribution in [0, 0.1) is 11.3 Å². The van der Waals surface area contributed by atoms with E-state index < -0.39 is 26.9 Å². The number of hydrogen-bond acceptors (Lipinski definition) is 7. The Morgan fingerprint density at radius 2 is 1.83 bits per heavy atom. The van der Waals surface area contributed by atoms with Gasteiger partial charge >= 0.3 is 15.6 Å². The van der Waals surface area contributed by atoms with Crippen LogP contribution in [0.1, 0.15) is 11.3 Å². The number of methoxy groups -OCH3 is 1. The second-order valence-corrected chi connectivity index (χ2v) is 7.48. The zero-order chi connectivity index (χ0) is 22.1. The van der Waals surface area contributed by atoms with Gasteiger partial charge in [0, 0.05) is 6.07 Å². The molecule has 3 rings (SSSR count). The largest absolute Gasteiger partial charge is 0.534 e. The van der Waals surface area contributed by atoms with Gasteiger partial charge in [-0.05, 0) is 29.8 Å². The summed E-state index contributed by atoms with van der Waals surface area (Å²) in [4.78, 5) is 16.4. The molecule has 0 saturated heterocycles. The van der Waals surface area contributed by atoms with Gasteiger partial charge in [0.2, 0.25) is 0 Å². The Hall–Kier alpha value is -3.59. The lowest BCUT2D eigenvalue weighted by atomic mass is 10.2. The summed E-state index contributed by atoms with van der Waals surface area (Å²) in [6, 6.07) is 11.5. The Kier molecular flexibility index (Phi) is 5.41. The standard InChI is InChI=1S/C18H12F3N3O5S/c1-28-13-5-2-11(3-6-13)10-24-14-7-4-12(9-22)23-17(14)15(8-16(24)25)29-30(26,27)18(19,20)21/h2-8H,10H2,1H3. The number of hydrogen-bond donors (Lipinski definition) is 0. The van der Waals surface area contributed by atoms with Crippen molar-refractivity contribution in [2.75, 3.05) is 7.11 Å². The van der Waals surface area contributed by atoms with Gasteiger partial charge in [-0.25, -0.2) is 4.98 Å². The van der Waals surface area contributed by atoms with Crippen molar-refractivity contribution in [3.05, 3.63) is 64.1 Å². The molecule has 0 N–H and O–H groups in total. The van der Waals surface area contributed by atoms with Crippen LogP contribution in [-0.4, -0.2) is 30.6 Å². The number of nitrogens with zero attached hydrogens (tertiary/aromatic N) is 3. The molecule has 0 atom stereocenters. The molecule has 0 bridgehead atoms. The molecule has 3 aromatic rings. The fraction of sp³-hybridized carbons (Fsp3) is 0.167. The lowest BCUT2D eigenvalue weighted by molar-refractivity contribution is -0.0499. The topological polar surface area (TPSA) is 111 Å². The van der Waals surface area contributed by atoms with Crippen molar-refractivity contribution >= 4 is 21.2 Å². The summed E-state index contributed by atoms with van der Waals surface area (Å²) in [6.45, 7) is -0.000785. The van der Waals surface area contributed by atoms with E-state index in [0.29, 0.717) is 17.4 Å². The van der Waals surface area contributed by atoms with Crippen molar-refractivity contribution < 1.29 is 30.5 Å². The second-order valence-electron chi connectivity index (χ2n) is 5.94. The smallest absolute Gasteiger partial charge is 0.497 e. The normalized spacial score (nSPS) is 11.8. The minimum absolute atomic E-state index is 0.000785. The highest BCUT2D eigenvalue weighted by Gasteiger charge is 2.49. The third-order valence-corrected chi connectivity index (χ3v) is 4.98. The molecule has 0 spiro atoms. The molecule has 0 aliphatic carbocycles. The molecule has 0 aliphatic rings. The van der Waals surface area contributed by atoms with Crippen LogP contribution in [0.5, 0.6) is 11.5 Å². The number of ether oxygens (including phenoxy) is 1. The van der Waals surface area contributed by atoms with Crippen molar-refractivity contribution in [2.45, 2.75) is 12.1 Å². The average Bonchev–Trinajstić information content (AvgIpc) is 2.70. The Labute approximate surface area is 167 Å². The van der Waals surface area contributed by atoms with Gasteiger partial charge in [-0.1, -0.05) is 12.1 Å². The molecule has 156 valence electrons. The van der Waals surface area contributed by atoms with Crippen LogP contribution in [0.2, 0.25) is 0 Å². The van der Waals surface area contributed by atoms with Crippen LogP contribution in [-0.2, 0) is 16.7 Å². The van der Waals surface area contributed by atoms with Crippen LogP contribution < -0.4 is 14.5 Å². The van der Waals surface area contributed by atoms with Crippen molar-refractivity contribution in [1.29, 1.82) is 5.26 Å². The molecule has 30 heavy (non-hydrogen) atoms. The molecule has 1 aromatic carbocycles. The Morgan fingerprint density at radius 3 is 2.40 bits per heavy atom. The molecular formula is C18H12F3N3O5S. The molecule has 12 heteroatoms. The number of rotatable bonds is 5. The summed E-state index contributed by atoms with van der Waals surface area (Å²) >= 11 is 0. The molecule has 2 aromatic heterocycles. The minimum Gasteiger partial charge on any atom is -0.497 e. The monoisotopic (exact) mass is 439 g/mol.